The van der Waals surface area contributed by atoms with Crippen LogP contribution >= 0.6 is 0 Å². The minimum atomic E-state index is -0.659. The molecule has 0 aromatic rings. The fraction of sp³-hybridized carbons (Fsp3) is 0.778. The smallest absolute Gasteiger partial charge is 0.249 e. The second-order valence-electron chi connectivity index (χ2n) is 6.09. The zero-order chi connectivity index (χ0) is 16.2. The summed E-state index contributed by atoms with van der Waals surface area (Å²) in [5.41, 5.74) is 5.07. The van der Waals surface area contributed by atoms with Crippen LogP contribution in [0.3, 0.4) is 0 Å². The van der Waals surface area contributed by atoms with Gasteiger partial charge in [-0.2, -0.15) is 0 Å². The van der Waals surface area contributed by atoms with Gasteiger partial charge in [-0.05, 0) is 12.8 Å². The van der Waals surface area contributed by atoms with Crippen molar-refractivity contribution in [3.8, 4) is 12.3 Å². The Hall–Kier alpha value is -1.34. The van der Waals surface area contributed by atoms with E-state index in [1.54, 1.807) is 0 Å². The fourth-order valence-corrected chi connectivity index (χ4v) is 2.66. The highest BCUT2D eigenvalue weighted by Gasteiger charge is 2.48. The molecule has 0 spiro atoms. The number of unbranched alkanes of at least 4 members (excludes halogenated alkanes) is 10. The first-order chi connectivity index (χ1) is 10.7. The van der Waals surface area contributed by atoms with E-state index in [-0.39, 0.29) is 5.78 Å². The molecule has 1 rings (SSSR count). The van der Waals surface area contributed by atoms with Gasteiger partial charge in [0.2, 0.25) is 5.91 Å². The van der Waals surface area contributed by atoms with Gasteiger partial charge in [0.15, 0.2) is 18.0 Å². The first-order valence-corrected chi connectivity index (χ1v) is 8.57. The van der Waals surface area contributed by atoms with E-state index in [1.807, 2.05) is 0 Å². The van der Waals surface area contributed by atoms with E-state index in [1.165, 1.54) is 44.9 Å². The van der Waals surface area contributed by atoms with Gasteiger partial charge in [-0.25, -0.2) is 0 Å². The van der Waals surface area contributed by atoms with Gasteiger partial charge in [-0.3, -0.25) is 9.59 Å². The lowest BCUT2D eigenvalue weighted by molar-refractivity contribution is -0.121. The van der Waals surface area contributed by atoms with Crippen molar-refractivity contribution in [2.75, 3.05) is 0 Å². The summed E-state index contributed by atoms with van der Waals surface area (Å²) in [5.74, 6) is 2.16. The third-order valence-corrected chi connectivity index (χ3v) is 4.08. The number of hydrogen-bond donors (Lipinski definition) is 1. The Morgan fingerprint density at radius 2 is 1.36 bits per heavy atom. The highest BCUT2D eigenvalue weighted by atomic mass is 16.6. The van der Waals surface area contributed by atoms with E-state index in [0.29, 0.717) is 6.42 Å². The van der Waals surface area contributed by atoms with Gasteiger partial charge < -0.3 is 10.5 Å². The maximum atomic E-state index is 11.7. The molecule has 1 saturated heterocycles. The standard InChI is InChI=1S/C18H29NO3/c1-2-3-4-5-6-7-8-9-10-11-12-13-14-15(20)16-17(22-16)18(19)21/h1,16-17H,3-14H2,(H2,19,21). The van der Waals surface area contributed by atoms with Crippen molar-refractivity contribution in [1.82, 2.24) is 0 Å². The molecule has 1 heterocycles. The maximum absolute atomic E-state index is 11.7. The second-order valence-corrected chi connectivity index (χ2v) is 6.09. The fourth-order valence-electron chi connectivity index (χ4n) is 2.66. The predicted molar refractivity (Wildman–Crippen MR) is 87.1 cm³/mol. The molecule has 2 N–H and O–H groups in total. The Bertz CT molecular complexity index is 386. The molecular formula is C18H29NO3. The topological polar surface area (TPSA) is 72.7 Å². The largest absolute Gasteiger partial charge is 0.367 e. The normalized spacial score (nSPS) is 19.6. The van der Waals surface area contributed by atoms with Crippen LogP contribution in [0, 0.1) is 12.3 Å². The number of carbonyl (C=O) groups is 2. The van der Waals surface area contributed by atoms with E-state index in [9.17, 15) is 9.59 Å². The number of nitrogens with two attached hydrogens (primary N) is 1. The molecule has 0 bridgehead atoms. The molecule has 1 aliphatic heterocycles. The number of rotatable bonds is 14. The summed E-state index contributed by atoms with van der Waals surface area (Å²) in [7, 11) is 0. The van der Waals surface area contributed by atoms with Gasteiger partial charge in [0, 0.05) is 12.8 Å². The van der Waals surface area contributed by atoms with Gasteiger partial charge in [0.25, 0.3) is 0 Å². The van der Waals surface area contributed by atoms with E-state index >= 15 is 0 Å². The van der Waals surface area contributed by atoms with Crippen LogP contribution in [0.1, 0.15) is 77.0 Å². The minimum Gasteiger partial charge on any atom is -0.367 e. The summed E-state index contributed by atoms with van der Waals surface area (Å²) < 4.78 is 4.96. The van der Waals surface area contributed by atoms with Gasteiger partial charge in [-0.15, -0.1) is 12.3 Å². The monoisotopic (exact) mass is 307 g/mol. The molecule has 0 saturated carbocycles. The minimum absolute atomic E-state index is 0.0239. The van der Waals surface area contributed by atoms with Crippen molar-refractivity contribution >= 4 is 11.7 Å². The lowest BCUT2D eigenvalue weighted by Crippen LogP contribution is -2.22. The molecule has 1 fully saturated rings. The zero-order valence-electron chi connectivity index (χ0n) is 13.5. The predicted octanol–water partition coefficient (Wildman–Crippen LogP) is 3.12. The summed E-state index contributed by atoms with van der Waals surface area (Å²) in [6.45, 7) is 0. The summed E-state index contributed by atoms with van der Waals surface area (Å²) >= 11 is 0. The molecule has 124 valence electrons. The number of primary amides is 1. The van der Waals surface area contributed by atoms with Crippen molar-refractivity contribution in [1.29, 1.82) is 0 Å². The number of epoxide rings is 1. The van der Waals surface area contributed by atoms with E-state index in [4.69, 9.17) is 16.9 Å². The van der Waals surface area contributed by atoms with E-state index in [2.05, 4.69) is 5.92 Å². The molecule has 2 atom stereocenters. The maximum Gasteiger partial charge on any atom is 0.249 e. The Morgan fingerprint density at radius 1 is 0.864 bits per heavy atom. The molecule has 0 radical (unpaired) electrons. The third kappa shape index (κ3) is 8.19. The highest BCUT2D eigenvalue weighted by molar-refractivity contribution is 5.95. The Morgan fingerprint density at radius 3 is 1.82 bits per heavy atom. The van der Waals surface area contributed by atoms with Crippen LogP contribution in [0.5, 0.6) is 0 Å². The molecule has 1 aliphatic rings. The lowest BCUT2D eigenvalue weighted by Gasteiger charge is -2.02. The SMILES string of the molecule is C#CCCCCCCCCCCCCC(=O)C1OC1C(N)=O. The molecule has 4 nitrogen and oxygen atoms in total. The summed E-state index contributed by atoms with van der Waals surface area (Å²) in [6, 6.07) is 0. The van der Waals surface area contributed by atoms with Crippen molar-refractivity contribution < 1.29 is 14.3 Å². The quantitative estimate of drug-likeness (QED) is 0.304. The molecule has 22 heavy (non-hydrogen) atoms. The zero-order valence-corrected chi connectivity index (χ0v) is 13.5. The van der Waals surface area contributed by atoms with Gasteiger partial charge in [0.05, 0.1) is 0 Å². The van der Waals surface area contributed by atoms with Crippen molar-refractivity contribution in [3.63, 3.8) is 0 Å². The highest BCUT2D eigenvalue weighted by Crippen LogP contribution is 2.24. The molecule has 2 unspecified atom stereocenters. The average Bonchev–Trinajstić information content (AvgIpc) is 3.29. The molecular weight excluding hydrogens is 278 g/mol. The van der Waals surface area contributed by atoms with Crippen molar-refractivity contribution in [2.24, 2.45) is 5.73 Å². The van der Waals surface area contributed by atoms with Gasteiger partial charge >= 0.3 is 0 Å². The average molecular weight is 307 g/mol. The number of ketones is 1. The number of hydrogen-bond acceptors (Lipinski definition) is 3. The third-order valence-electron chi connectivity index (χ3n) is 4.08. The molecule has 4 heteroatoms. The van der Waals surface area contributed by atoms with Crippen molar-refractivity contribution in [2.45, 2.75) is 89.3 Å². The lowest BCUT2D eigenvalue weighted by atomic mass is 10.0. The number of terminal acetylenes is 1. The molecule has 0 aromatic heterocycles. The van der Waals surface area contributed by atoms with Crippen molar-refractivity contribution in [3.05, 3.63) is 0 Å². The number of carbonyl (C=O) groups excluding carboxylic acids is 2. The van der Waals surface area contributed by atoms with Crippen LogP contribution < -0.4 is 5.73 Å². The van der Waals surface area contributed by atoms with E-state index in [0.717, 1.165) is 25.7 Å². The first-order valence-electron chi connectivity index (χ1n) is 8.57. The number of amides is 1. The molecule has 0 aromatic carbocycles. The summed E-state index contributed by atoms with van der Waals surface area (Å²) in [6.07, 6.45) is 17.4. The van der Waals surface area contributed by atoms with Crippen LogP contribution in [0.15, 0.2) is 0 Å². The number of Topliss-reactive ketones (excluding diaryl/α,β-unsaturated/α-hetero) is 1. The van der Waals surface area contributed by atoms with Gasteiger partial charge in [-0.1, -0.05) is 51.4 Å². The first kappa shape index (κ1) is 18.7. The Balaban J connectivity index is 1.80. The molecule has 0 aliphatic carbocycles. The second kappa shape index (κ2) is 11.3. The van der Waals surface area contributed by atoms with Crippen LogP contribution in [0.4, 0.5) is 0 Å². The summed E-state index contributed by atoms with van der Waals surface area (Å²) in [5, 5.41) is 0. The van der Waals surface area contributed by atoms with Crippen LogP contribution in [0.25, 0.3) is 0 Å². The van der Waals surface area contributed by atoms with Gasteiger partial charge in [0.1, 0.15) is 0 Å². The van der Waals surface area contributed by atoms with Crippen LogP contribution in [-0.4, -0.2) is 23.9 Å². The molecule has 1 amide bonds. The number of ether oxygens (including phenoxy) is 1. The Kier molecular flexibility index (Phi) is 9.57. The van der Waals surface area contributed by atoms with E-state index < -0.39 is 18.1 Å². The Labute approximate surface area is 134 Å². The van der Waals surface area contributed by atoms with Crippen LogP contribution in [-0.2, 0) is 14.3 Å². The summed E-state index contributed by atoms with van der Waals surface area (Å²) in [4.78, 5) is 22.4. The van der Waals surface area contributed by atoms with Crippen LogP contribution in [0.2, 0.25) is 0 Å².